The van der Waals surface area contributed by atoms with Crippen molar-refractivity contribution in [2.75, 3.05) is 6.54 Å². The van der Waals surface area contributed by atoms with E-state index in [1.54, 1.807) is 0 Å². The van der Waals surface area contributed by atoms with Crippen LogP contribution in [0.1, 0.15) is 24.8 Å². The molecule has 1 aromatic rings. The molecular formula is C13H18ClFN2O2S. The average molecular weight is 321 g/mol. The maximum absolute atomic E-state index is 13.4. The van der Waals surface area contributed by atoms with Crippen molar-refractivity contribution in [1.29, 1.82) is 0 Å². The van der Waals surface area contributed by atoms with E-state index in [0.717, 1.165) is 25.3 Å². The van der Waals surface area contributed by atoms with Crippen molar-refractivity contribution < 1.29 is 12.8 Å². The maximum Gasteiger partial charge on any atom is 0.242 e. The van der Waals surface area contributed by atoms with Gasteiger partial charge in [0.05, 0.1) is 5.02 Å². The van der Waals surface area contributed by atoms with Crippen molar-refractivity contribution in [3.8, 4) is 0 Å². The normalized spacial score (nSPS) is 23.2. The number of aryl methyl sites for hydroxylation is 1. The second-order valence-corrected chi connectivity index (χ2v) is 7.28. The van der Waals surface area contributed by atoms with Crippen LogP contribution in [-0.4, -0.2) is 21.0 Å². The average Bonchev–Trinajstić information content (AvgIpc) is 2.80. The lowest BCUT2D eigenvalue weighted by Gasteiger charge is -2.20. The smallest absolute Gasteiger partial charge is 0.242 e. The molecule has 2 atom stereocenters. The standard InChI is InChI=1S/C13H18ClFN2O2S/c1-8-5-13(10(14)6-11(8)15)20(18,19)17-12-4-2-3-9(12)7-16/h5-6,9,12,17H,2-4,7,16H2,1H3. The van der Waals surface area contributed by atoms with Gasteiger partial charge >= 0.3 is 0 Å². The molecule has 20 heavy (non-hydrogen) atoms. The first kappa shape index (κ1) is 15.7. The van der Waals surface area contributed by atoms with Crippen molar-refractivity contribution in [1.82, 2.24) is 4.72 Å². The Labute approximate surface area is 123 Å². The van der Waals surface area contributed by atoms with Crippen LogP contribution >= 0.6 is 11.6 Å². The minimum Gasteiger partial charge on any atom is -0.330 e. The van der Waals surface area contributed by atoms with Crippen LogP contribution in [0.15, 0.2) is 17.0 Å². The second kappa shape index (κ2) is 5.97. The molecule has 1 aliphatic carbocycles. The highest BCUT2D eigenvalue weighted by Crippen LogP contribution is 2.29. The molecule has 7 heteroatoms. The summed E-state index contributed by atoms with van der Waals surface area (Å²) < 4.78 is 40.7. The Morgan fingerprint density at radius 1 is 1.45 bits per heavy atom. The van der Waals surface area contributed by atoms with E-state index in [1.807, 2.05) is 0 Å². The molecule has 1 aliphatic rings. The zero-order valence-electron chi connectivity index (χ0n) is 11.2. The Bertz CT molecular complexity index is 607. The van der Waals surface area contributed by atoms with Crippen LogP contribution in [0.4, 0.5) is 4.39 Å². The summed E-state index contributed by atoms with van der Waals surface area (Å²) in [6.07, 6.45) is 2.63. The van der Waals surface area contributed by atoms with Crippen molar-refractivity contribution in [3.63, 3.8) is 0 Å². The number of hydrogen-bond donors (Lipinski definition) is 2. The summed E-state index contributed by atoms with van der Waals surface area (Å²) in [4.78, 5) is -0.0826. The van der Waals surface area contributed by atoms with E-state index in [-0.39, 0.29) is 27.4 Å². The molecule has 0 radical (unpaired) electrons. The highest BCUT2D eigenvalue weighted by Gasteiger charge is 2.31. The van der Waals surface area contributed by atoms with Gasteiger partial charge in [0.1, 0.15) is 10.7 Å². The van der Waals surface area contributed by atoms with Crippen molar-refractivity contribution >= 4 is 21.6 Å². The fourth-order valence-corrected chi connectivity index (χ4v) is 4.51. The van der Waals surface area contributed by atoms with Gasteiger partial charge in [-0.05, 0) is 49.9 Å². The molecule has 0 spiro atoms. The first-order valence-corrected chi connectivity index (χ1v) is 8.39. The summed E-state index contributed by atoms with van der Waals surface area (Å²) in [5.74, 6) is -0.375. The van der Waals surface area contributed by atoms with Crippen LogP contribution in [0.2, 0.25) is 5.02 Å². The molecule has 0 aromatic heterocycles. The van der Waals surface area contributed by atoms with Crippen LogP contribution in [0, 0.1) is 18.7 Å². The molecule has 1 fully saturated rings. The summed E-state index contributed by atoms with van der Waals surface area (Å²) in [5.41, 5.74) is 5.89. The largest absolute Gasteiger partial charge is 0.330 e. The summed E-state index contributed by atoms with van der Waals surface area (Å²) in [7, 11) is -3.76. The molecule has 0 aliphatic heterocycles. The van der Waals surface area contributed by atoms with Gasteiger partial charge < -0.3 is 5.73 Å². The minimum atomic E-state index is -3.76. The fourth-order valence-electron chi connectivity index (χ4n) is 2.57. The molecule has 0 amide bonds. The number of sulfonamides is 1. The summed E-state index contributed by atoms with van der Waals surface area (Å²) in [6, 6.07) is 2.11. The van der Waals surface area contributed by atoms with Gasteiger partial charge in [-0.25, -0.2) is 17.5 Å². The highest BCUT2D eigenvalue weighted by molar-refractivity contribution is 7.89. The third-order valence-electron chi connectivity index (χ3n) is 3.77. The van der Waals surface area contributed by atoms with Gasteiger partial charge in [0.2, 0.25) is 10.0 Å². The maximum atomic E-state index is 13.4. The van der Waals surface area contributed by atoms with Crippen LogP contribution in [0.3, 0.4) is 0 Å². The zero-order valence-corrected chi connectivity index (χ0v) is 12.8. The first-order valence-electron chi connectivity index (χ1n) is 6.53. The number of halogens is 2. The van der Waals surface area contributed by atoms with Gasteiger partial charge in [-0.2, -0.15) is 0 Å². The van der Waals surface area contributed by atoms with Crippen LogP contribution in [0.5, 0.6) is 0 Å². The lowest BCUT2D eigenvalue weighted by atomic mass is 10.1. The van der Waals surface area contributed by atoms with E-state index >= 15 is 0 Å². The summed E-state index contributed by atoms with van der Waals surface area (Å²) >= 11 is 5.86. The van der Waals surface area contributed by atoms with Gasteiger partial charge in [0.15, 0.2) is 0 Å². The predicted octanol–water partition coefficient (Wildman–Crippen LogP) is 2.19. The lowest BCUT2D eigenvalue weighted by molar-refractivity contribution is 0.453. The van der Waals surface area contributed by atoms with Gasteiger partial charge in [0, 0.05) is 6.04 Å². The lowest BCUT2D eigenvalue weighted by Crippen LogP contribution is -2.39. The Balaban J connectivity index is 2.29. The Morgan fingerprint density at radius 3 is 2.80 bits per heavy atom. The summed E-state index contributed by atoms with van der Waals surface area (Å²) in [5, 5.41) is -0.108. The Kier molecular flexibility index (Phi) is 4.69. The molecule has 2 unspecified atom stereocenters. The molecule has 3 N–H and O–H groups in total. The number of rotatable bonds is 4. The first-order chi connectivity index (χ1) is 9.35. The van der Waals surface area contributed by atoms with E-state index in [2.05, 4.69) is 4.72 Å². The van der Waals surface area contributed by atoms with E-state index in [9.17, 15) is 12.8 Å². The number of nitrogens with two attached hydrogens (primary N) is 1. The molecule has 0 heterocycles. The molecular weight excluding hydrogens is 303 g/mol. The second-order valence-electron chi connectivity index (χ2n) is 5.19. The third-order valence-corrected chi connectivity index (χ3v) is 5.73. The fraction of sp³-hybridized carbons (Fsp3) is 0.538. The van der Waals surface area contributed by atoms with Gasteiger partial charge in [-0.15, -0.1) is 0 Å². The molecule has 112 valence electrons. The number of benzene rings is 1. The molecule has 1 aromatic carbocycles. The molecule has 4 nitrogen and oxygen atoms in total. The highest BCUT2D eigenvalue weighted by atomic mass is 35.5. The van der Waals surface area contributed by atoms with E-state index in [4.69, 9.17) is 17.3 Å². The molecule has 1 saturated carbocycles. The van der Waals surface area contributed by atoms with E-state index in [1.165, 1.54) is 13.0 Å². The Morgan fingerprint density at radius 2 is 2.15 bits per heavy atom. The molecule has 0 bridgehead atoms. The van der Waals surface area contributed by atoms with E-state index in [0.29, 0.717) is 6.54 Å². The zero-order chi connectivity index (χ0) is 14.9. The van der Waals surface area contributed by atoms with Crippen LogP contribution < -0.4 is 10.5 Å². The van der Waals surface area contributed by atoms with Crippen LogP contribution in [0.25, 0.3) is 0 Å². The molecule has 2 rings (SSSR count). The quantitative estimate of drug-likeness (QED) is 0.893. The topological polar surface area (TPSA) is 72.2 Å². The van der Waals surface area contributed by atoms with Crippen molar-refractivity contribution in [3.05, 3.63) is 28.5 Å². The van der Waals surface area contributed by atoms with Gasteiger partial charge in [-0.3, -0.25) is 0 Å². The monoisotopic (exact) mass is 320 g/mol. The van der Waals surface area contributed by atoms with E-state index < -0.39 is 15.8 Å². The SMILES string of the molecule is Cc1cc(S(=O)(=O)NC2CCCC2CN)c(Cl)cc1F. The number of nitrogens with one attached hydrogen (secondary N) is 1. The van der Waals surface area contributed by atoms with Gasteiger partial charge in [-0.1, -0.05) is 18.0 Å². The van der Waals surface area contributed by atoms with Crippen molar-refractivity contribution in [2.24, 2.45) is 11.7 Å². The van der Waals surface area contributed by atoms with Crippen molar-refractivity contribution in [2.45, 2.75) is 37.1 Å². The number of hydrogen-bond acceptors (Lipinski definition) is 3. The third kappa shape index (κ3) is 3.14. The molecule has 0 saturated heterocycles. The van der Waals surface area contributed by atoms with Crippen LogP contribution in [-0.2, 0) is 10.0 Å². The summed E-state index contributed by atoms with van der Waals surface area (Å²) in [6.45, 7) is 1.95. The Hall–Kier alpha value is -0.690. The predicted molar refractivity (Wildman–Crippen MR) is 76.7 cm³/mol. The van der Waals surface area contributed by atoms with Gasteiger partial charge in [0.25, 0.3) is 0 Å². The minimum absolute atomic E-state index is 0.0826.